The van der Waals surface area contributed by atoms with Crippen LogP contribution in [0.2, 0.25) is 0 Å². The molecule has 144 valence electrons. The summed E-state index contributed by atoms with van der Waals surface area (Å²) in [5.41, 5.74) is 2.55. The topological polar surface area (TPSA) is 58.6 Å². The predicted molar refractivity (Wildman–Crippen MR) is 112 cm³/mol. The Hall–Kier alpha value is -2.34. The largest absolute Gasteiger partial charge is 0.483 e. The van der Waals surface area contributed by atoms with E-state index in [2.05, 4.69) is 35.1 Å². The second kappa shape index (κ2) is 9.55. The van der Waals surface area contributed by atoms with E-state index in [1.807, 2.05) is 24.3 Å². The van der Waals surface area contributed by atoms with Gasteiger partial charge >= 0.3 is 0 Å². The first-order chi connectivity index (χ1) is 12.8. The first kappa shape index (κ1) is 21.0. The molecule has 2 rings (SSSR count). The van der Waals surface area contributed by atoms with Gasteiger partial charge in [-0.1, -0.05) is 26.0 Å². The molecular weight excluding hydrogens is 408 g/mol. The first-order valence-corrected chi connectivity index (χ1v) is 9.67. The monoisotopic (exact) mass is 432 g/mol. The van der Waals surface area contributed by atoms with E-state index in [-0.39, 0.29) is 18.4 Å². The molecule has 0 aromatic heterocycles. The van der Waals surface area contributed by atoms with Gasteiger partial charge in [-0.15, -0.1) is 0 Å². The molecule has 0 bridgehead atoms. The number of benzene rings is 2. The molecule has 1 atom stereocenters. The van der Waals surface area contributed by atoms with Gasteiger partial charge in [0.25, 0.3) is 5.91 Å². The van der Waals surface area contributed by atoms with E-state index in [0.29, 0.717) is 23.0 Å². The van der Waals surface area contributed by atoms with Crippen LogP contribution >= 0.6 is 15.9 Å². The minimum Gasteiger partial charge on any atom is -0.483 e. The lowest BCUT2D eigenvalue weighted by molar-refractivity contribution is -0.118. The standard InChI is InChI=1S/C21H25BrN2O3/c1-5-14(2)16-9-10-20(19(22)11-16)27-13-21(26)23-17-7-6-8-18(12-17)24(4)15(3)25/h6-12,14H,5,13H2,1-4H3,(H,23,26). The average Bonchev–Trinajstić information content (AvgIpc) is 2.65. The third-order valence-corrected chi connectivity index (χ3v) is 5.11. The fraction of sp³-hybridized carbons (Fsp3) is 0.333. The highest BCUT2D eigenvalue weighted by molar-refractivity contribution is 9.10. The van der Waals surface area contributed by atoms with Crippen LogP contribution in [0.1, 0.15) is 38.7 Å². The molecule has 0 aliphatic heterocycles. The molecule has 2 amide bonds. The van der Waals surface area contributed by atoms with Crippen molar-refractivity contribution < 1.29 is 14.3 Å². The van der Waals surface area contributed by atoms with Gasteiger partial charge < -0.3 is 15.0 Å². The number of nitrogens with zero attached hydrogens (tertiary/aromatic N) is 1. The van der Waals surface area contributed by atoms with Crippen LogP contribution in [0.15, 0.2) is 46.9 Å². The lowest BCUT2D eigenvalue weighted by Crippen LogP contribution is -2.23. The highest BCUT2D eigenvalue weighted by Crippen LogP contribution is 2.30. The quantitative estimate of drug-likeness (QED) is 0.671. The second-order valence-corrected chi connectivity index (χ2v) is 7.32. The Balaban J connectivity index is 1.97. The zero-order valence-corrected chi connectivity index (χ0v) is 17.7. The Morgan fingerprint density at radius 3 is 2.59 bits per heavy atom. The van der Waals surface area contributed by atoms with Gasteiger partial charge in [0, 0.05) is 25.3 Å². The third-order valence-electron chi connectivity index (χ3n) is 4.49. The maximum absolute atomic E-state index is 12.2. The Morgan fingerprint density at radius 1 is 1.22 bits per heavy atom. The molecular formula is C21H25BrN2O3. The van der Waals surface area contributed by atoms with E-state index in [1.165, 1.54) is 17.4 Å². The second-order valence-electron chi connectivity index (χ2n) is 6.46. The van der Waals surface area contributed by atoms with Crippen LogP contribution in [0.4, 0.5) is 11.4 Å². The summed E-state index contributed by atoms with van der Waals surface area (Å²) >= 11 is 3.51. The van der Waals surface area contributed by atoms with Crippen LogP contribution in [-0.4, -0.2) is 25.5 Å². The molecule has 0 aliphatic rings. The molecule has 2 aromatic rings. The summed E-state index contributed by atoms with van der Waals surface area (Å²) in [6.07, 6.45) is 1.06. The molecule has 0 radical (unpaired) electrons. The normalized spacial score (nSPS) is 11.6. The highest BCUT2D eigenvalue weighted by atomic mass is 79.9. The summed E-state index contributed by atoms with van der Waals surface area (Å²) in [6.45, 7) is 5.71. The van der Waals surface area contributed by atoms with Crippen molar-refractivity contribution in [3.05, 3.63) is 52.5 Å². The number of anilines is 2. The van der Waals surface area contributed by atoms with E-state index in [9.17, 15) is 9.59 Å². The van der Waals surface area contributed by atoms with E-state index in [4.69, 9.17) is 4.74 Å². The van der Waals surface area contributed by atoms with Crippen LogP contribution in [0.5, 0.6) is 5.75 Å². The predicted octanol–water partition coefficient (Wildman–Crippen LogP) is 4.96. The molecule has 5 nitrogen and oxygen atoms in total. The lowest BCUT2D eigenvalue weighted by atomic mass is 9.99. The Labute approximate surface area is 168 Å². The zero-order valence-electron chi connectivity index (χ0n) is 16.1. The van der Waals surface area contributed by atoms with Gasteiger partial charge in [-0.3, -0.25) is 9.59 Å². The van der Waals surface area contributed by atoms with E-state index >= 15 is 0 Å². The van der Waals surface area contributed by atoms with Crippen LogP contribution < -0.4 is 15.0 Å². The molecule has 0 saturated heterocycles. The minimum absolute atomic E-state index is 0.0764. The summed E-state index contributed by atoms with van der Waals surface area (Å²) in [5.74, 6) is 0.754. The number of hydrogen-bond donors (Lipinski definition) is 1. The van der Waals surface area contributed by atoms with Gasteiger partial charge in [0.2, 0.25) is 5.91 Å². The van der Waals surface area contributed by atoms with Crippen molar-refractivity contribution in [2.45, 2.75) is 33.1 Å². The van der Waals surface area contributed by atoms with E-state index in [0.717, 1.165) is 10.9 Å². The summed E-state index contributed by atoms with van der Waals surface area (Å²) in [4.78, 5) is 25.2. The van der Waals surface area contributed by atoms with Gasteiger partial charge in [0.05, 0.1) is 4.47 Å². The molecule has 0 spiro atoms. The summed E-state index contributed by atoms with van der Waals surface area (Å²) in [6, 6.07) is 13.0. The lowest BCUT2D eigenvalue weighted by Gasteiger charge is -2.16. The number of carbonyl (C=O) groups excluding carboxylic acids is 2. The van der Waals surface area contributed by atoms with Crippen LogP contribution in [0.25, 0.3) is 0 Å². The van der Waals surface area contributed by atoms with Crippen molar-refractivity contribution in [2.75, 3.05) is 23.9 Å². The first-order valence-electron chi connectivity index (χ1n) is 8.88. The number of nitrogens with one attached hydrogen (secondary N) is 1. The van der Waals surface area contributed by atoms with Crippen LogP contribution in [0.3, 0.4) is 0 Å². The Bertz CT molecular complexity index is 823. The molecule has 1 unspecified atom stereocenters. The number of carbonyl (C=O) groups is 2. The highest BCUT2D eigenvalue weighted by Gasteiger charge is 2.11. The van der Waals surface area contributed by atoms with Gasteiger partial charge in [-0.25, -0.2) is 0 Å². The molecule has 0 fully saturated rings. The molecule has 2 aromatic carbocycles. The maximum atomic E-state index is 12.2. The van der Waals surface area contributed by atoms with Crippen molar-refractivity contribution in [3.8, 4) is 5.75 Å². The summed E-state index contributed by atoms with van der Waals surface area (Å²) in [5, 5.41) is 2.79. The number of halogens is 1. The van der Waals surface area contributed by atoms with E-state index < -0.39 is 0 Å². The molecule has 0 heterocycles. The van der Waals surface area contributed by atoms with E-state index in [1.54, 1.807) is 25.2 Å². The summed E-state index contributed by atoms with van der Waals surface area (Å²) in [7, 11) is 1.69. The minimum atomic E-state index is -0.268. The molecule has 27 heavy (non-hydrogen) atoms. The molecule has 0 saturated carbocycles. The fourth-order valence-electron chi connectivity index (χ4n) is 2.49. The number of ether oxygens (including phenoxy) is 1. The van der Waals surface area contributed by atoms with Gasteiger partial charge in [0.1, 0.15) is 5.75 Å². The third kappa shape index (κ3) is 5.82. The van der Waals surface area contributed by atoms with Crippen molar-refractivity contribution >= 4 is 39.1 Å². The SMILES string of the molecule is CCC(C)c1ccc(OCC(=O)Nc2cccc(N(C)C(C)=O)c2)c(Br)c1. The average molecular weight is 433 g/mol. The smallest absolute Gasteiger partial charge is 0.262 e. The maximum Gasteiger partial charge on any atom is 0.262 e. The van der Waals surface area contributed by atoms with Gasteiger partial charge in [-0.05, 0) is 64.2 Å². The molecule has 6 heteroatoms. The zero-order chi connectivity index (χ0) is 20.0. The van der Waals surface area contributed by atoms with Crippen LogP contribution in [-0.2, 0) is 9.59 Å². The number of amides is 2. The van der Waals surface area contributed by atoms with Crippen molar-refractivity contribution in [3.63, 3.8) is 0 Å². The molecule has 1 N–H and O–H groups in total. The van der Waals surface area contributed by atoms with Crippen molar-refractivity contribution in [1.82, 2.24) is 0 Å². The summed E-state index contributed by atoms with van der Waals surface area (Å²) < 4.78 is 6.46. The number of hydrogen-bond acceptors (Lipinski definition) is 3. The molecule has 0 aliphatic carbocycles. The van der Waals surface area contributed by atoms with Gasteiger partial charge in [-0.2, -0.15) is 0 Å². The Kier molecular flexibility index (Phi) is 7.42. The van der Waals surface area contributed by atoms with Gasteiger partial charge in [0.15, 0.2) is 6.61 Å². The van der Waals surface area contributed by atoms with Crippen molar-refractivity contribution in [2.24, 2.45) is 0 Å². The van der Waals surface area contributed by atoms with Crippen LogP contribution in [0, 0.1) is 0 Å². The fourth-order valence-corrected chi connectivity index (χ4v) is 3.00. The Morgan fingerprint density at radius 2 is 1.96 bits per heavy atom. The number of rotatable bonds is 7. The van der Waals surface area contributed by atoms with Crippen molar-refractivity contribution in [1.29, 1.82) is 0 Å².